The lowest BCUT2D eigenvalue weighted by Crippen LogP contribution is -2.16. The van der Waals surface area contributed by atoms with Crippen LogP contribution < -0.4 is 4.74 Å². The second kappa shape index (κ2) is 8.11. The lowest BCUT2D eigenvalue weighted by molar-refractivity contribution is -0.108. The van der Waals surface area contributed by atoms with E-state index in [-0.39, 0.29) is 5.75 Å². The first-order valence-electron chi connectivity index (χ1n) is 8.96. The van der Waals surface area contributed by atoms with E-state index in [4.69, 9.17) is 9.29 Å². The molecule has 0 fully saturated rings. The molecule has 0 aliphatic carbocycles. The maximum absolute atomic E-state index is 13.9. The van der Waals surface area contributed by atoms with Crippen molar-refractivity contribution in [3.05, 3.63) is 101 Å². The number of carbonyl (C=O) groups is 1. The van der Waals surface area contributed by atoms with Gasteiger partial charge in [-0.2, -0.15) is 0 Å². The Morgan fingerprint density at radius 2 is 1.76 bits per heavy atom. The summed E-state index contributed by atoms with van der Waals surface area (Å²) >= 11 is -1.94. The molecule has 29 heavy (non-hydrogen) atoms. The molecule has 146 valence electrons. The van der Waals surface area contributed by atoms with E-state index in [1.54, 1.807) is 42.5 Å². The van der Waals surface area contributed by atoms with Crippen LogP contribution in [0, 0.1) is 5.82 Å². The second-order valence-corrected chi connectivity index (χ2v) is 7.60. The van der Waals surface area contributed by atoms with Gasteiger partial charge in [-0.05, 0) is 29.3 Å². The van der Waals surface area contributed by atoms with E-state index in [1.807, 2.05) is 18.2 Å². The third-order valence-corrected chi connectivity index (χ3v) is 5.38. The minimum absolute atomic E-state index is 0.0245. The molecule has 0 bridgehead atoms. The number of benzene rings is 3. The van der Waals surface area contributed by atoms with Gasteiger partial charge in [0, 0.05) is 16.7 Å². The van der Waals surface area contributed by atoms with Crippen LogP contribution in [0.3, 0.4) is 0 Å². The third kappa shape index (κ3) is 3.90. The second-order valence-electron chi connectivity index (χ2n) is 6.67. The SMILES string of the molecule is O=CC1C(c2cccc(F)c2)=C(c2ccc(CS(=O)O)cc2)Oc2ccccc21. The van der Waals surface area contributed by atoms with E-state index in [0.717, 1.165) is 11.8 Å². The van der Waals surface area contributed by atoms with E-state index in [1.165, 1.54) is 12.1 Å². The van der Waals surface area contributed by atoms with Crippen molar-refractivity contribution < 1.29 is 22.7 Å². The third-order valence-electron chi connectivity index (χ3n) is 4.80. The van der Waals surface area contributed by atoms with Crippen LogP contribution in [-0.2, 0) is 21.6 Å². The molecule has 2 unspecified atom stereocenters. The Bertz CT molecular complexity index is 1120. The van der Waals surface area contributed by atoms with Crippen molar-refractivity contribution >= 4 is 28.7 Å². The molecule has 3 aromatic rings. The first-order valence-corrected chi connectivity index (χ1v) is 10.2. The molecule has 6 heteroatoms. The van der Waals surface area contributed by atoms with Crippen LogP contribution in [0.15, 0.2) is 72.8 Å². The van der Waals surface area contributed by atoms with Crippen molar-refractivity contribution in [2.75, 3.05) is 0 Å². The fourth-order valence-electron chi connectivity index (χ4n) is 3.51. The summed E-state index contributed by atoms with van der Waals surface area (Å²) in [5, 5.41) is 0. The fraction of sp³-hybridized carbons (Fsp3) is 0.0870. The summed E-state index contributed by atoms with van der Waals surface area (Å²) in [5.74, 6) is 0.0415. The number of hydrogen-bond donors (Lipinski definition) is 1. The van der Waals surface area contributed by atoms with Crippen molar-refractivity contribution in [2.45, 2.75) is 11.7 Å². The summed E-state index contributed by atoms with van der Waals surface area (Å²) < 4.78 is 40.2. The fourth-order valence-corrected chi connectivity index (χ4v) is 3.99. The van der Waals surface area contributed by atoms with Crippen LogP contribution in [0.2, 0.25) is 0 Å². The molecule has 2 atom stereocenters. The summed E-state index contributed by atoms with van der Waals surface area (Å²) in [6.45, 7) is 0. The van der Waals surface area contributed by atoms with Crippen molar-refractivity contribution in [3.8, 4) is 5.75 Å². The van der Waals surface area contributed by atoms with Crippen molar-refractivity contribution in [1.29, 1.82) is 0 Å². The van der Waals surface area contributed by atoms with Crippen LogP contribution in [0.5, 0.6) is 5.75 Å². The number of para-hydroxylation sites is 1. The lowest BCUT2D eigenvalue weighted by Gasteiger charge is -2.28. The molecule has 1 aliphatic heterocycles. The van der Waals surface area contributed by atoms with E-state index < -0.39 is 22.8 Å². The van der Waals surface area contributed by atoms with Crippen LogP contribution in [0.1, 0.15) is 28.2 Å². The summed E-state index contributed by atoms with van der Waals surface area (Å²) in [4.78, 5) is 12.1. The van der Waals surface area contributed by atoms with Crippen molar-refractivity contribution in [2.24, 2.45) is 0 Å². The highest BCUT2D eigenvalue weighted by Crippen LogP contribution is 2.45. The van der Waals surface area contributed by atoms with Crippen LogP contribution in [0.4, 0.5) is 4.39 Å². The van der Waals surface area contributed by atoms with Gasteiger partial charge >= 0.3 is 0 Å². The number of fused-ring (bicyclic) bond motifs is 1. The number of aldehydes is 1. The molecule has 3 aromatic carbocycles. The number of hydrogen-bond acceptors (Lipinski definition) is 3. The average Bonchev–Trinajstić information content (AvgIpc) is 2.72. The summed E-state index contributed by atoms with van der Waals surface area (Å²) in [7, 11) is 0. The van der Waals surface area contributed by atoms with E-state index in [2.05, 4.69) is 0 Å². The van der Waals surface area contributed by atoms with E-state index in [0.29, 0.717) is 33.8 Å². The minimum atomic E-state index is -1.94. The molecule has 1 heterocycles. The monoisotopic (exact) mass is 408 g/mol. The Morgan fingerprint density at radius 1 is 1.00 bits per heavy atom. The molecule has 0 aromatic heterocycles. The Hall–Kier alpha value is -3.09. The van der Waals surface area contributed by atoms with Gasteiger partial charge < -0.3 is 14.1 Å². The maximum Gasteiger partial charge on any atom is 0.157 e. The van der Waals surface area contributed by atoms with Gasteiger partial charge in [-0.25, -0.2) is 8.60 Å². The molecular formula is C23H17FO4S. The van der Waals surface area contributed by atoms with Gasteiger partial charge in [0.1, 0.15) is 23.6 Å². The van der Waals surface area contributed by atoms with Gasteiger partial charge in [0.2, 0.25) is 0 Å². The molecule has 4 nitrogen and oxygen atoms in total. The van der Waals surface area contributed by atoms with Crippen molar-refractivity contribution in [1.82, 2.24) is 0 Å². The van der Waals surface area contributed by atoms with Gasteiger partial charge in [0.05, 0.1) is 11.7 Å². The van der Waals surface area contributed by atoms with Crippen LogP contribution in [-0.4, -0.2) is 15.0 Å². The van der Waals surface area contributed by atoms with Crippen LogP contribution >= 0.6 is 0 Å². The molecule has 4 rings (SSSR count). The van der Waals surface area contributed by atoms with E-state index in [9.17, 15) is 13.4 Å². The molecule has 1 N–H and O–H groups in total. The first-order chi connectivity index (χ1) is 14.1. The predicted octanol–water partition coefficient (Wildman–Crippen LogP) is 4.79. The topological polar surface area (TPSA) is 63.6 Å². The van der Waals surface area contributed by atoms with Gasteiger partial charge in [0.25, 0.3) is 0 Å². The summed E-state index contributed by atoms with van der Waals surface area (Å²) in [5.41, 5.74) is 3.25. The number of rotatable bonds is 5. The standard InChI is InChI=1S/C23H17FO4S/c24-18-5-3-4-17(12-18)22-20(13-25)19-6-1-2-7-21(19)28-23(22)16-10-8-15(9-11-16)14-29(26)27/h1-13,20H,14H2,(H,26,27). The Kier molecular flexibility index (Phi) is 5.38. The molecule has 0 radical (unpaired) electrons. The van der Waals surface area contributed by atoms with Gasteiger partial charge in [-0.1, -0.05) is 54.6 Å². The predicted molar refractivity (Wildman–Crippen MR) is 110 cm³/mol. The zero-order valence-electron chi connectivity index (χ0n) is 15.2. The summed E-state index contributed by atoms with van der Waals surface area (Å²) in [6, 6.07) is 20.3. The quantitative estimate of drug-likeness (QED) is 0.487. The molecular weight excluding hydrogens is 391 g/mol. The highest BCUT2D eigenvalue weighted by atomic mass is 32.2. The zero-order valence-corrected chi connectivity index (χ0v) is 16.1. The zero-order chi connectivity index (χ0) is 20.4. The Balaban J connectivity index is 1.90. The number of allylic oxidation sites excluding steroid dienone is 1. The van der Waals surface area contributed by atoms with Crippen LogP contribution in [0.25, 0.3) is 11.3 Å². The summed E-state index contributed by atoms with van der Waals surface area (Å²) in [6.07, 6.45) is 0.838. The average molecular weight is 408 g/mol. The van der Waals surface area contributed by atoms with Crippen molar-refractivity contribution in [3.63, 3.8) is 0 Å². The van der Waals surface area contributed by atoms with Gasteiger partial charge in [0.15, 0.2) is 11.1 Å². The molecule has 0 amide bonds. The minimum Gasteiger partial charge on any atom is -0.456 e. The molecule has 0 saturated carbocycles. The van der Waals surface area contributed by atoms with Gasteiger partial charge in [-0.15, -0.1) is 0 Å². The smallest absolute Gasteiger partial charge is 0.157 e. The normalized spacial score (nSPS) is 16.7. The first kappa shape index (κ1) is 19.2. The lowest BCUT2D eigenvalue weighted by atomic mass is 9.83. The number of halogens is 1. The van der Waals surface area contributed by atoms with Gasteiger partial charge in [-0.3, -0.25) is 0 Å². The number of carbonyl (C=O) groups excluding carboxylic acids is 1. The molecule has 0 saturated heterocycles. The van der Waals surface area contributed by atoms with E-state index >= 15 is 0 Å². The highest BCUT2D eigenvalue weighted by Gasteiger charge is 2.31. The Labute approximate surface area is 169 Å². The highest BCUT2D eigenvalue weighted by molar-refractivity contribution is 7.78. The molecule has 1 aliphatic rings. The Morgan fingerprint density at radius 3 is 2.45 bits per heavy atom. The maximum atomic E-state index is 13.9. The number of ether oxygens (including phenoxy) is 1. The largest absolute Gasteiger partial charge is 0.456 e. The molecule has 0 spiro atoms.